The van der Waals surface area contributed by atoms with Crippen LogP contribution in [0.4, 0.5) is 11.4 Å². The van der Waals surface area contributed by atoms with Crippen LogP contribution in [0.3, 0.4) is 0 Å². The van der Waals surface area contributed by atoms with E-state index in [9.17, 15) is 14.4 Å². The molecule has 7 nitrogen and oxygen atoms in total. The topological polar surface area (TPSA) is 93.7 Å². The zero-order valence-corrected chi connectivity index (χ0v) is 22.1. The third-order valence-electron chi connectivity index (χ3n) is 5.51. The molecule has 0 aromatic heterocycles. The molecule has 2 N–H and O–H groups in total. The maximum Gasteiger partial charge on any atom is 0.306 e. The molecule has 0 saturated carbocycles. The molecule has 3 aromatic rings. The number of aryl methyl sites for hydroxylation is 1. The van der Waals surface area contributed by atoms with Crippen molar-refractivity contribution in [3.05, 3.63) is 81.8 Å². The van der Waals surface area contributed by atoms with E-state index in [1.165, 1.54) is 0 Å². The molecule has 0 atom stereocenters. The van der Waals surface area contributed by atoms with Gasteiger partial charge in [0.05, 0.1) is 0 Å². The lowest BCUT2D eigenvalue weighted by Gasteiger charge is -2.12. The Bertz CT molecular complexity index is 1240. The average Bonchev–Trinajstić information content (AvgIpc) is 2.84. The Hall–Kier alpha value is -3.65. The van der Waals surface area contributed by atoms with E-state index in [-0.39, 0.29) is 25.4 Å². The Balaban J connectivity index is 1.34. The SMILES string of the molecule is Cc1cccc(Oc2ccc(NC(=O)CCCC(=O)OCC(=O)Nc3ccc(Br)c(C)c3C)cc2)c1. The Morgan fingerprint density at radius 2 is 1.56 bits per heavy atom. The molecule has 0 radical (unpaired) electrons. The molecule has 0 saturated heterocycles. The minimum absolute atomic E-state index is 0.0421. The normalized spacial score (nSPS) is 10.4. The van der Waals surface area contributed by atoms with E-state index >= 15 is 0 Å². The highest BCUT2D eigenvalue weighted by Gasteiger charge is 2.12. The summed E-state index contributed by atoms with van der Waals surface area (Å²) in [5.74, 6) is 0.250. The summed E-state index contributed by atoms with van der Waals surface area (Å²) in [6.45, 7) is 5.47. The number of ether oxygens (including phenoxy) is 2. The molecule has 0 unspecified atom stereocenters. The molecular weight excluding hydrogens is 524 g/mol. The maximum atomic E-state index is 12.2. The van der Waals surface area contributed by atoms with Crippen molar-refractivity contribution in [1.29, 1.82) is 0 Å². The van der Waals surface area contributed by atoms with Gasteiger partial charge in [-0.15, -0.1) is 0 Å². The van der Waals surface area contributed by atoms with Gasteiger partial charge in [0.15, 0.2) is 6.61 Å². The smallest absolute Gasteiger partial charge is 0.306 e. The van der Waals surface area contributed by atoms with Gasteiger partial charge in [-0.05, 0) is 92.4 Å². The Morgan fingerprint density at radius 1 is 0.806 bits per heavy atom. The molecule has 3 aromatic carbocycles. The molecular formula is C28H29BrN2O5. The van der Waals surface area contributed by atoms with Gasteiger partial charge in [0.25, 0.3) is 5.91 Å². The highest BCUT2D eigenvalue weighted by atomic mass is 79.9. The standard InChI is InChI=1S/C28H29BrN2O5/c1-18-6-4-7-23(16-18)36-22-12-10-21(11-13-22)30-26(32)8-5-9-28(34)35-17-27(33)31-25-15-14-24(29)19(2)20(25)3/h4,6-7,10-16H,5,8-9,17H2,1-3H3,(H,30,32)(H,31,33). The van der Waals surface area contributed by atoms with E-state index in [4.69, 9.17) is 9.47 Å². The van der Waals surface area contributed by atoms with Crippen LogP contribution in [0.15, 0.2) is 65.1 Å². The predicted molar refractivity (Wildman–Crippen MR) is 143 cm³/mol. The van der Waals surface area contributed by atoms with Crippen LogP contribution in [0.5, 0.6) is 11.5 Å². The minimum Gasteiger partial charge on any atom is -0.457 e. The number of amides is 2. The summed E-state index contributed by atoms with van der Waals surface area (Å²) in [6.07, 6.45) is 0.506. The number of nitrogens with one attached hydrogen (secondary N) is 2. The number of halogens is 1. The monoisotopic (exact) mass is 552 g/mol. The van der Waals surface area contributed by atoms with Gasteiger partial charge in [-0.3, -0.25) is 14.4 Å². The van der Waals surface area contributed by atoms with Crippen molar-refractivity contribution >= 4 is 45.1 Å². The second kappa shape index (κ2) is 12.9. The summed E-state index contributed by atoms with van der Waals surface area (Å²) in [5.41, 5.74) is 4.37. The van der Waals surface area contributed by atoms with E-state index in [0.29, 0.717) is 23.5 Å². The molecule has 188 valence electrons. The van der Waals surface area contributed by atoms with Crippen LogP contribution in [0.1, 0.15) is 36.0 Å². The molecule has 0 heterocycles. The first-order valence-corrected chi connectivity index (χ1v) is 12.4. The van der Waals surface area contributed by atoms with Crippen molar-refractivity contribution < 1.29 is 23.9 Å². The first-order valence-electron chi connectivity index (χ1n) is 11.6. The number of carbonyl (C=O) groups excluding carboxylic acids is 3. The van der Waals surface area contributed by atoms with Gasteiger partial charge in [-0.25, -0.2) is 0 Å². The number of hydrogen-bond donors (Lipinski definition) is 2. The van der Waals surface area contributed by atoms with Crippen LogP contribution < -0.4 is 15.4 Å². The molecule has 0 aliphatic carbocycles. The van der Waals surface area contributed by atoms with Crippen LogP contribution in [0.25, 0.3) is 0 Å². The number of benzene rings is 3. The van der Waals surface area contributed by atoms with Crippen molar-refractivity contribution in [1.82, 2.24) is 0 Å². The fourth-order valence-corrected chi connectivity index (χ4v) is 3.80. The third kappa shape index (κ3) is 8.23. The highest BCUT2D eigenvalue weighted by Crippen LogP contribution is 2.26. The van der Waals surface area contributed by atoms with Crippen molar-refractivity contribution in [2.45, 2.75) is 40.0 Å². The lowest BCUT2D eigenvalue weighted by atomic mass is 10.1. The zero-order valence-electron chi connectivity index (χ0n) is 20.5. The van der Waals surface area contributed by atoms with Gasteiger partial charge in [0.2, 0.25) is 5.91 Å². The zero-order chi connectivity index (χ0) is 26.1. The molecule has 0 spiro atoms. The fourth-order valence-electron chi connectivity index (χ4n) is 3.37. The van der Waals surface area contributed by atoms with Crippen LogP contribution in [-0.4, -0.2) is 24.4 Å². The Morgan fingerprint density at radius 3 is 2.28 bits per heavy atom. The van der Waals surface area contributed by atoms with E-state index in [2.05, 4.69) is 26.6 Å². The van der Waals surface area contributed by atoms with E-state index in [0.717, 1.165) is 26.9 Å². The summed E-state index contributed by atoms with van der Waals surface area (Å²) >= 11 is 3.45. The molecule has 3 rings (SSSR count). The van der Waals surface area contributed by atoms with Crippen molar-refractivity contribution in [2.24, 2.45) is 0 Å². The van der Waals surface area contributed by atoms with Gasteiger partial charge >= 0.3 is 5.97 Å². The average molecular weight is 553 g/mol. The van der Waals surface area contributed by atoms with Gasteiger partial charge in [0, 0.05) is 28.7 Å². The van der Waals surface area contributed by atoms with Crippen LogP contribution >= 0.6 is 15.9 Å². The second-order valence-corrected chi connectivity index (χ2v) is 9.25. The third-order valence-corrected chi connectivity index (χ3v) is 6.37. The molecule has 0 aliphatic heterocycles. The highest BCUT2D eigenvalue weighted by molar-refractivity contribution is 9.10. The number of anilines is 2. The maximum absolute atomic E-state index is 12.2. The Kier molecular flexibility index (Phi) is 9.64. The van der Waals surface area contributed by atoms with Crippen molar-refractivity contribution in [2.75, 3.05) is 17.2 Å². The van der Waals surface area contributed by atoms with Gasteiger partial charge < -0.3 is 20.1 Å². The summed E-state index contributed by atoms with van der Waals surface area (Å²) in [5, 5.41) is 5.54. The van der Waals surface area contributed by atoms with Crippen LogP contribution in [0, 0.1) is 20.8 Å². The van der Waals surface area contributed by atoms with Gasteiger partial charge in [-0.2, -0.15) is 0 Å². The van der Waals surface area contributed by atoms with Gasteiger partial charge in [-0.1, -0.05) is 28.1 Å². The quantitative estimate of drug-likeness (QED) is 0.281. The Labute approximate surface area is 219 Å². The molecule has 8 heteroatoms. The van der Waals surface area contributed by atoms with Gasteiger partial charge in [0.1, 0.15) is 11.5 Å². The largest absolute Gasteiger partial charge is 0.457 e. The number of carbonyl (C=O) groups is 3. The number of esters is 1. The summed E-state index contributed by atoms with van der Waals surface area (Å²) in [7, 11) is 0. The lowest BCUT2D eigenvalue weighted by molar-refractivity contribution is -0.147. The minimum atomic E-state index is -0.528. The van der Waals surface area contributed by atoms with Crippen LogP contribution in [0.2, 0.25) is 0 Å². The fraction of sp³-hybridized carbons (Fsp3) is 0.250. The predicted octanol–water partition coefficient (Wildman–Crippen LogP) is 6.46. The summed E-state index contributed by atoms with van der Waals surface area (Å²) < 4.78 is 11.8. The number of hydrogen-bond acceptors (Lipinski definition) is 5. The second-order valence-electron chi connectivity index (χ2n) is 8.40. The first-order chi connectivity index (χ1) is 17.2. The van der Waals surface area contributed by atoms with E-state index < -0.39 is 11.9 Å². The molecule has 0 aliphatic rings. The first kappa shape index (κ1) is 26.9. The summed E-state index contributed by atoms with van der Waals surface area (Å²) in [4.78, 5) is 36.3. The summed E-state index contributed by atoms with van der Waals surface area (Å²) in [6, 6.07) is 18.4. The van der Waals surface area contributed by atoms with Crippen molar-refractivity contribution in [3.63, 3.8) is 0 Å². The molecule has 0 bridgehead atoms. The molecule has 2 amide bonds. The van der Waals surface area contributed by atoms with Crippen molar-refractivity contribution in [3.8, 4) is 11.5 Å². The molecule has 0 fully saturated rings. The van der Waals surface area contributed by atoms with Crippen LogP contribution in [-0.2, 0) is 19.1 Å². The lowest BCUT2D eigenvalue weighted by Crippen LogP contribution is -2.21. The van der Waals surface area contributed by atoms with E-state index in [1.54, 1.807) is 30.3 Å². The number of rotatable bonds is 10. The van der Waals surface area contributed by atoms with E-state index in [1.807, 2.05) is 51.1 Å². The molecule has 36 heavy (non-hydrogen) atoms.